The van der Waals surface area contributed by atoms with Crippen LogP contribution in [0, 0.1) is 6.92 Å². The van der Waals surface area contributed by atoms with Gasteiger partial charge in [-0.15, -0.1) is 0 Å². The number of rotatable bonds is 2. The lowest BCUT2D eigenvalue weighted by Gasteiger charge is -1.99. The van der Waals surface area contributed by atoms with Crippen molar-refractivity contribution in [2.45, 2.75) is 6.92 Å². The Balaban J connectivity index is 3.19. The van der Waals surface area contributed by atoms with Gasteiger partial charge in [-0.3, -0.25) is 9.98 Å². The van der Waals surface area contributed by atoms with Crippen molar-refractivity contribution >= 4 is 12.3 Å². The van der Waals surface area contributed by atoms with Gasteiger partial charge in [-0.1, -0.05) is 6.58 Å². The van der Waals surface area contributed by atoms with Gasteiger partial charge in [-0.2, -0.15) is 0 Å². The van der Waals surface area contributed by atoms with Crippen molar-refractivity contribution in [2.75, 3.05) is 7.05 Å². The normalized spacial score (nSPS) is 10.5. The molecule has 2 nitrogen and oxygen atoms in total. The molecule has 0 aliphatic heterocycles. The molecule has 0 unspecified atom stereocenters. The SMILES string of the molecule is C=Cc1nc(C)ccc1C=NC. The highest BCUT2D eigenvalue weighted by molar-refractivity contribution is 5.84. The van der Waals surface area contributed by atoms with E-state index in [0.717, 1.165) is 17.0 Å². The summed E-state index contributed by atoms with van der Waals surface area (Å²) in [6.45, 7) is 5.65. The van der Waals surface area contributed by atoms with E-state index in [0.29, 0.717) is 0 Å². The predicted molar refractivity (Wildman–Crippen MR) is 52.6 cm³/mol. The first kappa shape index (κ1) is 8.65. The van der Waals surface area contributed by atoms with Gasteiger partial charge in [0.05, 0.1) is 5.69 Å². The van der Waals surface area contributed by atoms with E-state index in [1.807, 2.05) is 19.1 Å². The molecule has 0 aromatic carbocycles. The second-order valence-corrected chi connectivity index (χ2v) is 2.52. The molecular formula is C10H12N2. The third-order valence-electron chi connectivity index (χ3n) is 1.56. The Labute approximate surface area is 72.7 Å². The van der Waals surface area contributed by atoms with Crippen LogP contribution in [0.3, 0.4) is 0 Å². The molecular weight excluding hydrogens is 148 g/mol. The zero-order valence-electron chi connectivity index (χ0n) is 7.41. The first-order chi connectivity index (χ1) is 5.77. The summed E-state index contributed by atoms with van der Waals surface area (Å²) >= 11 is 0. The minimum atomic E-state index is 0.889. The van der Waals surface area contributed by atoms with Crippen LogP contribution >= 0.6 is 0 Å². The van der Waals surface area contributed by atoms with E-state index in [2.05, 4.69) is 16.6 Å². The molecule has 2 heteroatoms. The molecule has 1 heterocycles. The predicted octanol–water partition coefficient (Wildman–Crippen LogP) is 2.08. The smallest absolute Gasteiger partial charge is 0.0714 e. The van der Waals surface area contributed by atoms with E-state index in [1.54, 1.807) is 19.3 Å². The zero-order chi connectivity index (χ0) is 8.97. The highest BCUT2D eigenvalue weighted by Gasteiger charge is 1.96. The van der Waals surface area contributed by atoms with Crippen molar-refractivity contribution in [1.29, 1.82) is 0 Å². The average molecular weight is 160 g/mol. The Morgan fingerprint density at radius 1 is 1.50 bits per heavy atom. The fourth-order valence-corrected chi connectivity index (χ4v) is 0.999. The van der Waals surface area contributed by atoms with Crippen LogP contribution in [0.5, 0.6) is 0 Å². The van der Waals surface area contributed by atoms with Crippen LogP contribution in [0.4, 0.5) is 0 Å². The first-order valence-corrected chi connectivity index (χ1v) is 3.80. The third-order valence-corrected chi connectivity index (χ3v) is 1.56. The second kappa shape index (κ2) is 3.81. The minimum absolute atomic E-state index is 0.889. The van der Waals surface area contributed by atoms with Gasteiger partial charge in [-0.05, 0) is 25.1 Å². The molecule has 0 saturated heterocycles. The van der Waals surface area contributed by atoms with Crippen molar-refractivity contribution in [3.05, 3.63) is 35.7 Å². The van der Waals surface area contributed by atoms with Crippen LogP contribution in [-0.4, -0.2) is 18.2 Å². The Kier molecular flexibility index (Phi) is 2.75. The lowest BCUT2D eigenvalue weighted by molar-refractivity contribution is 1.18. The van der Waals surface area contributed by atoms with Gasteiger partial charge in [0.1, 0.15) is 0 Å². The van der Waals surface area contributed by atoms with Gasteiger partial charge in [0.15, 0.2) is 0 Å². The van der Waals surface area contributed by atoms with Crippen LogP contribution in [0.25, 0.3) is 6.08 Å². The van der Waals surface area contributed by atoms with Crippen LogP contribution in [0.1, 0.15) is 17.0 Å². The quantitative estimate of drug-likeness (QED) is 0.608. The number of hydrogen-bond donors (Lipinski definition) is 0. The van der Waals surface area contributed by atoms with Gasteiger partial charge < -0.3 is 0 Å². The molecule has 62 valence electrons. The van der Waals surface area contributed by atoms with Crippen LogP contribution in [0.15, 0.2) is 23.7 Å². The number of pyridine rings is 1. The van der Waals surface area contributed by atoms with Gasteiger partial charge in [0.2, 0.25) is 0 Å². The van der Waals surface area contributed by atoms with Crippen molar-refractivity contribution in [3.63, 3.8) is 0 Å². The van der Waals surface area contributed by atoms with Crippen molar-refractivity contribution in [2.24, 2.45) is 4.99 Å². The summed E-state index contributed by atoms with van der Waals surface area (Å²) in [7, 11) is 1.74. The summed E-state index contributed by atoms with van der Waals surface area (Å²) in [5, 5.41) is 0. The summed E-state index contributed by atoms with van der Waals surface area (Å²) in [5.41, 5.74) is 2.90. The molecule has 1 aromatic rings. The van der Waals surface area contributed by atoms with Crippen molar-refractivity contribution < 1.29 is 0 Å². The monoisotopic (exact) mass is 160 g/mol. The van der Waals surface area contributed by atoms with E-state index in [4.69, 9.17) is 0 Å². The minimum Gasteiger partial charge on any atom is -0.296 e. The van der Waals surface area contributed by atoms with Crippen molar-refractivity contribution in [3.8, 4) is 0 Å². The average Bonchev–Trinajstić information content (AvgIpc) is 2.08. The Morgan fingerprint density at radius 3 is 2.83 bits per heavy atom. The molecule has 0 spiro atoms. The molecule has 0 atom stereocenters. The van der Waals surface area contributed by atoms with Crippen LogP contribution in [-0.2, 0) is 0 Å². The Bertz CT molecular complexity index is 314. The summed E-state index contributed by atoms with van der Waals surface area (Å²) in [6.07, 6.45) is 3.52. The number of nitrogens with zero attached hydrogens (tertiary/aromatic N) is 2. The lowest BCUT2D eigenvalue weighted by Crippen LogP contribution is -1.92. The molecule has 0 amide bonds. The van der Waals surface area contributed by atoms with Crippen LogP contribution < -0.4 is 0 Å². The molecule has 0 bridgehead atoms. The highest BCUT2D eigenvalue weighted by atomic mass is 14.7. The molecule has 0 aliphatic carbocycles. The first-order valence-electron chi connectivity index (χ1n) is 3.80. The maximum absolute atomic E-state index is 4.30. The highest BCUT2D eigenvalue weighted by Crippen LogP contribution is 2.06. The molecule has 0 N–H and O–H groups in total. The van der Waals surface area contributed by atoms with Gasteiger partial charge >= 0.3 is 0 Å². The standard InChI is InChI=1S/C10H12N2/c1-4-10-9(7-11-3)6-5-8(2)12-10/h4-7H,1H2,2-3H3. The summed E-state index contributed by atoms with van der Waals surface area (Å²) in [6, 6.07) is 3.95. The summed E-state index contributed by atoms with van der Waals surface area (Å²) < 4.78 is 0. The molecule has 12 heavy (non-hydrogen) atoms. The lowest BCUT2D eigenvalue weighted by atomic mass is 10.2. The Hall–Kier alpha value is -1.44. The fourth-order valence-electron chi connectivity index (χ4n) is 0.999. The van der Waals surface area contributed by atoms with Gasteiger partial charge in [0, 0.05) is 24.5 Å². The zero-order valence-corrected chi connectivity index (χ0v) is 7.41. The van der Waals surface area contributed by atoms with E-state index in [-0.39, 0.29) is 0 Å². The maximum atomic E-state index is 4.30. The topological polar surface area (TPSA) is 25.2 Å². The molecule has 0 fully saturated rings. The summed E-state index contributed by atoms with van der Waals surface area (Å²) in [4.78, 5) is 8.23. The van der Waals surface area contributed by atoms with Gasteiger partial charge in [0.25, 0.3) is 0 Å². The molecule has 0 saturated carbocycles. The number of aromatic nitrogens is 1. The summed E-state index contributed by atoms with van der Waals surface area (Å²) in [5.74, 6) is 0. The maximum Gasteiger partial charge on any atom is 0.0714 e. The fraction of sp³-hybridized carbons (Fsp3) is 0.200. The van der Waals surface area contributed by atoms with Crippen molar-refractivity contribution in [1.82, 2.24) is 4.98 Å². The second-order valence-electron chi connectivity index (χ2n) is 2.52. The Morgan fingerprint density at radius 2 is 2.25 bits per heavy atom. The van der Waals surface area contributed by atoms with E-state index < -0.39 is 0 Å². The van der Waals surface area contributed by atoms with Gasteiger partial charge in [-0.25, -0.2) is 0 Å². The number of aryl methyl sites for hydroxylation is 1. The molecule has 1 aromatic heterocycles. The largest absolute Gasteiger partial charge is 0.296 e. The third kappa shape index (κ3) is 1.78. The van der Waals surface area contributed by atoms with E-state index >= 15 is 0 Å². The number of hydrogen-bond acceptors (Lipinski definition) is 2. The van der Waals surface area contributed by atoms with E-state index in [1.165, 1.54) is 0 Å². The van der Waals surface area contributed by atoms with Crippen LogP contribution in [0.2, 0.25) is 0 Å². The van der Waals surface area contributed by atoms with E-state index in [9.17, 15) is 0 Å². The number of aliphatic imine (C=N–C) groups is 1. The molecule has 0 radical (unpaired) electrons. The molecule has 0 aliphatic rings. The molecule has 1 rings (SSSR count).